The Morgan fingerprint density at radius 2 is 1.85 bits per heavy atom. The average Bonchev–Trinajstić information content (AvgIpc) is 2.02. The van der Waals surface area contributed by atoms with E-state index >= 15 is 0 Å². The summed E-state index contributed by atoms with van der Waals surface area (Å²) in [5, 5.41) is 0. The van der Waals surface area contributed by atoms with Crippen molar-refractivity contribution < 1.29 is 13.2 Å². The maximum Gasteiger partial charge on any atom is 0.445 e. The number of halogens is 3. The van der Waals surface area contributed by atoms with Crippen molar-refractivity contribution in [3.8, 4) is 0 Å². The Morgan fingerprint density at radius 3 is 2.38 bits per heavy atom. The fourth-order valence-electron chi connectivity index (χ4n) is 0.761. The number of thioether (sulfide) groups is 1. The van der Waals surface area contributed by atoms with E-state index in [1.165, 1.54) is 24.3 Å². The molecule has 0 amide bonds. The molecular weight excluding hydrogens is 199 g/mol. The summed E-state index contributed by atoms with van der Waals surface area (Å²) in [4.78, 5) is 2.93. The van der Waals surface area contributed by atoms with E-state index in [0.717, 1.165) is 0 Å². The molecule has 0 N–H and O–H groups in total. The molecule has 0 atom stereocenters. The van der Waals surface area contributed by atoms with Crippen LogP contribution >= 0.6 is 11.8 Å². The van der Waals surface area contributed by atoms with Crippen molar-refractivity contribution in [2.45, 2.75) is 10.4 Å². The second-order valence-electron chi connectivity index (χ2n) is 2.13. The number of rotatable bonds is 1. The van der Waals surface area contributed by atoms with Crippen LogP contribution in [0.25, 0.3) is 4.85 Å². The van der Waals surface area contributed by atoms with Gasteiger partial charge in [-0.1, -0.05) is 24.3 Å². The van der Waals surface area contributed by atoms with Gasteiger partial charge in [-0.3, -0.25) is 0 Å². The molecule has 0 aliphatic heterocycles. The number of para-hydroxylation sites is 1. The molecule has 0 aliphatic rings. The average molecular weight is 203 g/mol. The molecule has 13 heavy (non-hydrogen) atoms. The maximum absolute atomic E-state index is 11.9. The Balaban J connectivity index is 2.96. The molecule has 0 aliphatic carbocycles. The molecule has 0 radical (unpaired) electrons. The lowest BCUT2D eigenvalue weighted by molar-refractivity contribution is -0.0327. The highest BCUT2D eigenvalue weighted by Crippen LogP contribution is 2.41. The van der Waals surface area contributed by atoms with Gasteiger partial charge >= 0.3 is 5.51 Å². The summed E-state index contributed by atoms with van der Waals surface area (Å²) in [5.41, 5.74) is -4.30. The van der Waals surface area contributed by atoms with E-state index < -0.39 is 5.51 Å². The molecule has 1 aromatic carbocycles. The van der Waals surface area contributed by atoms with Crippen LogP contribution in [-0.2, 0) is 0 Å². The normalized spacial score (nSPS) is 10.9. The summed E-state index contributed by atoms with van der Waals surface area (Å²) < 4.78 is 35.8. The van der Waals surface area contributed by atoms with Crippen molar-refractivity contribution in [2.24, 2.45) is 0 Å². The van der Waals surface area contributed by atoms with E-state index in [0.29, 0.717) is 0 Å². The van der Waals surface area contributed by atoms with E-state index in [4.69, 9.17) is 6.57 Å². The summed E-state index contributed by atoms with van der Waals surface area (Å²) in [6, 6.07) is 5.66. The number of hydrogen-bond donors (Lipinski definition) is 0. The van der Waals surface area contributed by atoms with Crippen molar-refractivity contribution in [3.63, 3.8) is 0 Å². The lowest BCUT2D eigenvalue weighted by Gasteiger charge is -2.06. The summed E-state index contributed by atoms with van der Waals surface area (Å²) in [6.45, 7) is 6.64. The first-order valence-corrected chi connectivity index (χ1v) is 4.07. The standard InChI is InChI=1S/C8H4F3NS/c1-12-6-4-2-3-5-7(6)13-8(9,10)11/h2-5H. The minimum atomic E-state index is -4.33. The summed E-state index contributed by atoms with van der Waals surface area (Å²) in [5.74, 6) is 0. The largest absolute Gasteiger partial charge is 0.445 e. The molecule has 0 fully saturated rings. The van der Waals surface area contributed by atoms with Gasteiger partial charge in [0.1, 0.15) is 0 Å². The first kappa shape index (κ1) is 9.93. The summed E-state index contributed by atoms with van der Waals surface area (Å²) in [7, 11) is 0. The van der Waals surface area contributed by atoms with Gasteiger partial charge in [0.05, 0.1) is 6.57 Å². The van der Waals surface area contributed by atoms with Crippen LogP contribution in [0.15, 0.2) is 29.2 Å². The zero-order valence-electron chi connectivity index (χ0n) is 6.30. The molecule has 0 unspecified atom stereocenters. The summed E-state index contributed by atoms with van der Waals surface area (Å²) >= 11 is -0.262. The molecule has 0 spiro atoms. The highest BCUT2D eigenvalue weighted by atomic mass is 32.2. The second-order valence-corrected chi connectivity index (χ2v) is 3.23. The molecule has 1 rings (SSSR count). The van der Waals surface area contributed by atoms with E-state index in [1.54, 1.807) is 0 Å². The van der Waals surface area contributed by atoms with Gasteiger partial charge in [-0.2, -0.15) is 13.2 Å². The SMILES string of the molecule is [C-]#[N+]c1ccccc1SC(F)(F)F. The van der Waals surface area contributed by atoms with Crippen molar-refractivity contribution in [1.29, 1.82) is 0 Å². The Labute approximate surface area is 77.4 Å². The number of nitrogens with zero attached hydrogens (tertiary/aromatic N) is 1. The van der Waals surface area contributed by atoms with E-state index in [9.17, 15) is 13.2 Å². The van der Waals surface area contributed by atoms with Crippen LogP contribution < -0.4 is 0 Å². The maximum atomic E-state index is 11.9. The summed E-state index contributed by atoms with van der Waals surface area (Å²) in [6.07, 6.45) is 0. The smallest absolute Gasteiger partial charge is 0.237 e. The van der Waals surface area contributed by atoms with Gasteiger partial charge in [-0.25, -0.2) is 4.85 Å². The van der Waals surface area contributed by atoms with Crippen LogP contribution in [-0.4, -0.2) is 5.51 Å². The highest BCUT2D eigenvalue weighted by molar-refractivity contribution is 8.00. The van der Waals surface area contributed by atoms with Gasteiger partial charge in [0.25, 0.3) is 0 Å². The second kappa shape index (κ2) is 3.71. The Kier molecular flexibility index (Phi) is 2.83. The molecule has 1 nitrogen and oxygen atoms in total. The zero-order chi connectivity index (χ0) is 9.90. The van der Waals surface area contributed by atoms with E-state index in [1.807, 2.05) is 0 Å². The zero-order valence-corrected chi connectivity index (χ0v) is 7.12. The van der Waals surface area contributed by atoms with Crippen LogP contribution in [0.3, 0.4) is 0 Å². The van der Waals surface area contributed by atoms with Crippen molar-refractivity contribution in [2.75, 3.05) is 0 Å². The van der Waals surface area contributed by atoms with Gasteiger partial charge < -0.3 is 0 Å². The molecule has 1 aromatic rings. The van der Waals surface area contributed by atoms with Gasteiger partial charge in [0.2, 0.25) is 5.69 Å². The topological polar surface area (TPSA) is 4.36 Å². The van der Waals surface area contributed by atoms with Crippen LogP contribution in [0.4, 0.5) is 18.9 Å². The fourth-order valence-corrected chi connectivity index (χ4v) is 1.37. The first-order chi connectivity index (χ1) is 6.03. The van der Waals surface area contributed by atoms with Crippen molar-refractivity contribution >= 4 is 17.4 Å². The van der Waals surface area contributed by atoms with Gasteiger partial charge in [-0.15, -0.1) is 0 Å². The first-order valence-electron chi connectivity index (χ1n) is 3.25. The van der Waals surface area contributed by atoms with E-state index in [-0.39, 0.29) is 22.3 Å². The molecule has 0 aromatic heterocycles. The van der Waals surface area contributed by atoms with Crippen LogP contribution in [0.2, 0.25) is 0 Å². The lowest BCUT2D eigenvalue weighted by atomic mass is 10.3. The van der Waals surface area contributed by atoms with Crippen molar-refractivity contribution in [1.82, 2.24) is 0 Å². The highest BCUT2D eigenvalue weighted by Gasteiger charge is 2.29. The molecule has 68 valence electrons. The Morgan fingerprint density at radius 1 is 1.23 bits per heavy atom. The predicted molar refractivity (Wildman–Crippen MR) is 44.6 cm³/mol. The minimum Gasteiger partial charge on any atom is -0.237 e. The fraction of sp³-hybridized carbons (Fsp3) is 0.125. The monoisotopic (exact) mass is 203 g/mol. The van der Waals surface area contributed by atoms with Crippen LogP contribution in [0, 0.1) is 6.57 Å². The third-order valence-electron chi connectivity index (χ3n) is 1.21. The number of alkyl halides is 3. The van der Waals surface area contributed by atoms with Crippen LogP contribution in [0.1, 0.15) is 0 Å². The van der Waals surface area contributed by atoms with E-state index in [2.05, 4.69) is 4.85 Å². The van der Waals surface area contributed by atoms with Gasteiger partial charge in [0, 0.05) is 4.90 Å². The lowest BCUT2D eigenvalue weighted by Crippen LogP contribution is -1.98. The van der Waals surface area contributed by atoms with Crippen LogP contribution in [0.5, 0.6) is 0 Å². The minimum absolute atomic E-state index is 0.0322. The molecular formula is C8H4F3NS. The molecule has 5 heteroatoms. The number of benzene rings is 1. The predicted octanol–water partition coefficient (Wildman–Crippen LogP) is 3.85. The quantitative estimate of drug-likeness (QED) is 0.495. The van der Waals surface area contributed by atoms with Gasteiger partial charge in [-0.05, 0) is 11.8 Å². The third kappa shape index (κ3) is 2.99. The molecule has 0 saturated heterocycles. The molecule has 0 saturated carbocycles. The van der Waals surface area contributed by atoms with Crippen molar-refractivity contribution in [3.05, 3.63) is 35.7 Å². The van der Waals surface area contributed by atoms with Gasteiger partial charge in [0.15, 0.2) is 0 Å². The molecule has 0 heterocycles. The third-order valence-corrected chi connectivity index (χ3v) is 2.01. The Bertz CT molecular complexity index is 340. The Hall–Kier alpha value is -1.15. The number of hydrogen-bond acceptors (Lipinski definition) is 1. The molecule has 0 bridgehead atoms.